The number of aromatic nitrogens is 2. The second-order valence-corrected chi connectivity index (χ2v) is 5.90. The van der Waals surface area contributed by atoms with E-state index in [9.17, 15) is 9.90 Å². The Bertz CT molecular complexity index is 538. The minimum Gasteiger partial charge on any atom is -0.394 e. The molecule has 0 radical (unpaired) electrons. The molecule has 0 aromatic carbocycles. The fraction of sp³-hybridized carbons (Fsp3) is 0.667. The number of hydrogen-bond acceptors (Lipinski definition) is 8. The van der Waals surface area contributed by atoms with Gasteiger partial charge >= 0.3 is 5.69 Å². The average Bonchev–Trinajstić information content (AvgIpc) is 2.82. The highest BCUT2D eigenvalue weighted by Gasteiger charge is 2.35. The smallest absolute Gasteiger partial charge is 0.351 e. The van der Waals surface area contributed by atoms with Crippen LogP contribution >= 0.6 is 11.8 Å². The Labute approximate surface area is 126 Å². The Kier molecular flexibility index (Phi) is 5.59. The van der Waals surface area contributed by atoms with Crippen molar-refractivity contribution in [3.8, 4) is 0 Å². The first-order valence-corrected chi connectivity index (χ1v) is 7.82. The van der Waals surface area contributed by atoms with Crippen molar-refractivity contribution in [2.75, 3.05) is 24.6 Å². The molecule has 1 fully saturated rings. The lowest BCUT2D eigenvalue weighted by Gasteiger charge is -2.16. The van der Waals surface area contributed by atoms with Gasteiger partial charge in [-0.25, -0.2) is 4.79 Å². The lowest BCUT2D eigenvalue weighted by molar-refractivity contribution is -0.0459. The molecule has 3 atom stereocenters. The lowest BCUT2D eigenvalue weighted by atomic mass is 10.2. The van der Waals surface area contributed by atoms with Crippen molar-refractivity contribution < 1.29 is 14.9 Å². The predicted octanol–water partition coefficient (Wildman–Crippen LogP) is -1.34. The summed E-state index contributed by atoms with van der Waals surface area (Å²) in [6.07, 6.45) is -0.303. The maximum absolute atomic E-state index is 11.9. The second-order valence-electron chi connectivity index (χ2n) is 4.80. The standard InChI is InChI=1S/C12H20N4O4S/c13-1-2-21-6-7-4-16(12(19)15-11(7)14)10-3-8(18)9(5-17)20-10/h4,8-10,17-18H,1-3,5-6,13H2,(H2,14,15,19). The molecule has 1 aliphatic rings. The number of nitrogens with zero attached hydrogens (tertiary/aromatic N) is 2. The van der Waals surface area contributed by atoms with Gasteiger partial charge < -0.3 is 26.4 Å². The first-order chi connectivity index (χ1) is 10.1. The van der Waals surface area contributed by atoms with Crippen LogP contribution in [0.5, 0.6) is 0 Å². The molecule has 1 saturated heterocycles. The van der Waals surface area contributed by atoms with E-state index < -0.39 is 24.1 Å². The number of anilines is 1. The molecule has 6 N–H and O–H groups in total. The molecular formula is C12H20N4O4S. The summed E-state index contributed by atoms with van der Waals surface area (Å²) >= 11 is 1.59. The summed E-state index contributed by atoms with van der Waals surface area (Å²) < 4.78 is 6.78. The fourth-order valence-electron chi connectivity index (χ4n) is 2.16. The van der Waals surface area contributed by atoms with Crippen LogP contribution in [0.4, 0.5) is 5.82 Å². The third-order valence-electron chi connectivity index (χ3n) is 3.28. The first-order valence-electron chi connectivity index (χ1n) is 6.66. The zero-order valence-corrected chi connectivity index (χ0v) is 12.3. The van der Waals surface area contributed by atoms with Crippen molar-refractivity contribution in [1.82, 2.24) is 9.55 Å². The van der Waals surface area contributed by atoms with Gasteiger partial charge in [0.05, 0.1) is 12.7 Å². The van der Waals surface area contributed by atoms with Crippen LogP contribution in [0.2, 0.25) is 0 Å². The number of ether oxygens (including phenoxy) is 1. The molecule has 0 spiro atoms. The highest BCUT2D eigenvalue weighted by atomic mass is 32.2. The monoisotopic (exact) mass is 316 g/mol. The molecule has 9 heteroatoms. The number of thioether (sulfide) groups is 1. The minimum atomic E-state index is -0.806. The van der Waals surface area contributed by atoms with Gasteiger partial charge in [-0.2, -0.15) is 16.7 Å². The van der Waals surface area contributed by atoms with Crippen molar-refractivity contribution >= 4 is 17.6 Å². The average molecular weight is 316 g/mol. The first kappa shape index (κ1) is 16.2. The second kappa shape index (κ2) is 7.23. The van der Waals surface area contributed by atoms with E-state index in [1.165, 1.54) is 4.57 Å². The van der Waals surface area contributed by atoms with Crippen molar-refractivity contribution in [2.45, 2.75) is 30.6 Å². The van der Waals surface area contributed by atoms with Crippen LogP contribution in [-0.2, 0) is 10.5 Å². The van der Waals surface area contributed by atoms with E-state index in [-0.39, 0.29) is 18.8 Å². The zero-order chi connectivity index (χ0) is 15.4. The van der Waals surface area contributed by atoms with E-state index in [1.807, 2.05) is 0 Å². The normalized spacial score (nSPS) is 25.4. The van der Waals surface area contributed by atoms with E-state index in [0.717, 1.165) is 11.3 Å². The number of nitrogens with two attached hydrogens (primary N) is 2. The van der Waals surface area contributed by atoms with Gasteiger partial charge in [-0.1, -0.05) is 0 Å². The van der Waals surface area contributed by atoms with Crippen molar-refractivity contribution in [3.63, 3.8) is 0 Å². The summed E-state index contributed by atoms with van der Waals surface area (Å²) in [4.78, 5) is 15.7. The molecule has 1 aromatic rings. The van der Waals surface area contributed by atoms with E-state index in [4.69, 9.17) is 21.3 Å². The number of nitrogen functional groups attached to an aromatic ring is 1. The SMILES string of the molecule is NCCSCc1cn(C2CC(O)C(CO)O2)c(=O)nc1N. The molecule has 0 amide bonds. The van der Waals surface area contributed by atoms with E-state index in [2.05, 4.69) is 4.98 Å². The summed E-state index contributed by atoms with van der Waals surface area (Å²) in [5.74, 6) is 1.57. The number of rotatable bonds is 6. The van der Waals surface area contributed by atoms with E-state index in [1.54, 1.807) is 18.0 Å². The van der Waals surface area contributed by atoms with Gasteiger partial charge in [-0.15, -0.1) is 0 Å². The summed E-state index contributed by atoms with van der Waals surface area (Å²) in [6.45, 7) is 0.266. The molecule has 0 saturated carbocycles. The zero-order valence-electron chi connectivity index (χ0n) is 11.5. The topological polar surface area (TPSA) is 137 Å². The van der Waals surface area contributed by atoms with Gasteiger partial charge in [-0.05, 0) is 0 Å². The van der Waals surface area contributed by atoms with Gasteiger partial charge in [0.2, 0.25) is 0 Å². The molecule has 0 bridgehead atoms. The van der Waals surface area contributed by atoms with Crippen LogP contribution in [0.15, 0.2) is 11.0 Å². The van der Waals surface area contributed by atoms with Crippen LogP contribution in [0.25, 0.3) is 0 Å². The van der Waals surface area contributed by atoms with Crippen LogP contribution in [0.1, 0.15) is 18.2 Å². The summed E-state index contributed by atoms with van der Waals surface area (Å²) in [5.41, 5.74) is 11.4. The Morgan fingerprint density at radius 2 is 2.33 bits per heavy atom. The Hall–Kier alpha value is -1.13. The lowest BCUT2D eigenvalue weighted by Crippen LogP contribution is -2.29. The summed E-state index contributed by atoms with van der Waals surface area (Å²) in [6, 6.07) is 0. The van der Waals surface area contributed by atoms with Crippen molar-refractivity contribution in [3.05, 3.63) is 22.2 Å². The van der Waals surface area contributed by atoms with Gasteiger partial charge in [0.25, 0.3) is 0 Å². The molecule has 3 unspecified atom stereocenters. The summed E-state index contributed by atoms with van der Waals surface area (Å²) in [5, 5.41) is 18.8. The van der Waals surface area contributed by atoms with Crippen molar-refractivity contribution in [2.24, 2.45) is 5.73 Å². The van der Waals surface area contributed by atoms with Gasteiger partial charge in [-0.3, -0.25) is 4.57 Å². The Balaban J connectivity index is 2.19. The molecule has 8 nitrogen and oxygen atoms in total. The van der Waals surface area contributed by atoms with Gasteiger partial charge in [0, 0.05) is 36.2 Å². The Morgan fingerprint density at radius 3 is 2.95 bits per heavy atom. The summed E-state index contributed by atoms with van der Waals surface area (Å²) in [7, 11) is 0. The molecule has 2 heterocycles. The van der Waals surface area contributed by atoms with E-state index >= 15 is 0 Å². The van der Waals surface area contributed by atoms with Gasteiger partial charge in [0.15, 0.2) is 0 Å². The van der Waals surface area contributed by atoms with Crippen molar-refractivity contribution in [1.29, 1.82) is 0 Å². The van der Waals surface area contributed by atoms with Crippen LogP contribution in [-0.4, -0.2) is 50.9 Å². The highest BCUT2D eigenvalue weighted by molar-refractivity contribution is 7.98. The fourth-order valence-corrected chi connectivity index (χ4v) is 2.91. The minimum absolute atomic E-state index is 0.193. The predicted molar refractivity (Wildman–Crippen MR) is 79.7 cm³/mol. The number of aliphatic hydroxyl groups excluding tert-OH is 2. The molecule has 2 rings (SSSR count). The molecule has 1 aromatic heterocycles. The number of hydrogen-bond donors (Lipinski definition) is 4. The third-order valence-corrected chi connectivity index (χ3v) is 4.31. The maximum Gasteiger partial charge on any atom is 0.351 e. The van der Waals surface area contributed by atoms with E-state index in [0.29, 0.717) is 12.3 Å². The molecule has 21 heavy (non-hydrogen) atoms. The van der Waals surface area contributed by atoms with Gasteiger partial charge in [0.1, 0.15) is 18.1 Å². The molecule has 118 valence electrons. The van der Waals surface area contributed by atoms with Crippen LogP contribution in [0.3, 0.4) is 0 Å². The molecule has 1 aliphatic heterocycles. The maximum atomic E-state index is 11.9. The quantitative estimate of drug-likeness (QED) is 0.473. The molecular weight excluding hydrogens is 296 g/mol. The highest BCUT2D eigenvalue weighted by Crippen LogP contribution is 2.28. The molecule has 0 aliphatic carbocycles. The van der Waals surface area contributed by atoms with Crippen LogP contribution in [0, 0.1) is 0 Å². The van der Waals surface area contributed by atoms with Crippen LogP contribution < -0.4 is 17.2 Å². The largest absolute Gasteiger partial charge is 0.394 e. The Morgan fingerprint density at radius 1 is 1.57 bits per heavy atom. The number of aliphatic hydroxyl groups is 2. The third kappa shape index (κ3) is 3.74.